The lowest BCUT2D eigenvalue weighted by atomic mass is 10.1. The van der Waals surface area contributed by atoms with Crippen LogP contribution in [-0.4, -0.2) is 21.0 Å². The molecule has 27 heavy (non-hydrogen) atoms. The number of halogens is 2. The summed E-state index contributed by atoms with van der Waals surface area (Å²) in [5.41, 5.74) is 3.45. The maximum atomic E-state index is 12.7. The standard InChI is InChI=1S/C20H17Cl2N3O2/c1-11-6-7-13(9-15(11)21)25-20(27)18(22)16(10-23-25)24-19-14-5-3-2-4-12(14)8-17(19)26/h2-7,9-10,17,19,24,26H,8H2,1H3/t17-,19+/m1/s1. The molecule has 1 aliphatic rings. The summed E-state index contributed by atoms with van der Waals surface area (Å²) < 4.78 is 1.21. The average Bonchev–Trinajstić information content (AvgIpc) is 2.97. The first-order valence-corrected chi connectivity index (χ1v) is 9.28. The van der Waals surface area contributed by atoms with Crippen LogP contribution >= 0.6 is 23.2 Å². The molecule has 0 bridgehead atoms. The molecule has 0 aliphatic heterocycles. The number of aliphatic hydroxyl groups is 1. The lowest BCUT2D eigenvalue weighted by Gasteiger charge is -2.20. The van der Waals surface area contributed by atoms with Gasteiger partial charge in [-0.05, 0) is 35.7 Å². The van der Waals surface area contributed by atoms with Crippen LogP contribution in [0.3, 0.4) is 0 Å². The van der Waals surface area contributed by atoms with E-state index in [0.29, 0.717) is 22.8 Å². The third-order valence-electron chi connectivity index (χ3n) is 4.83. The second-order valence-electron chi connectivity index (χ2n) is 6.61. The van der Waals surface area contributed by atoms with E-state index in [4.69, 9.17) is 23.2 Å². The number of benzene rings is 2. The summed E-state index contributed by atoms with van der Waals surface area (Å²) in [5.74, 6) is 0. The van der Waals surface area contributed by atoms with Crippen molar-refractivity contribution in [2.45, 2.75) is 25.5 Å². The molecule has 7 heteroatoms. The van der Waals surface area contributed by atoms with Gasteiger partial charge in [0.05, 0.1) is 29.7 Å². The van der Waals surface area contributed by atoms with Crippen molar-refractivity contribution in [3.63, 3.8) is 0 Å². The summed E-state index contributed by atoms with van der Waals surface area (Å²) in [6.07, 6.45) is 1.44. The fraction of sp³-hybridized carbons (Fsp3) is 0.200. The molecule has 138 valence electrons. The summed E-state index contributed by atoms with van der Waals surface area (Å²) in [4.78, 5) is 12.7. The molecule has 1 aliphatic carbocycles. The molecule has 1 aromatic heterocycles. The summed E-state index contributed by atoms with van der Waals surface area (Å²) in [6.45, 7) is 1.88. The van der Waals surface area contributed by atoms with E-state index >= 15 is 0 Å². The number of nitrogens with one attached hydrogen (secondary N) is 1. The van der Waals surface area contributed by atoms with Crippen LogP contribution in [0.25, 0.3) is 5.69 Å². The van der Waals surface area contributed by atoms with Crippen molar-refractivity contribution < 1.29 is 5.11 Å². The summed E-state index contributed by atoms with van der Waals surface area (Å²) in [6, 6.07) is 12.7. The normalized spacial score (nSPS) is 18.4. The highest BCUT2D eigenvalue weighted by Gasteiger charge is 2.31. The Hall–Kier alpha value is -2.34. The van der Waals surface area contributed by atoms with Crippen LogP contribution in [-0.2, 0) is 6.42 Å². The van der Waals surface area contributed by atoms with Crippen LogP contribution in [0.4, 0.5) is 5.69 Å². The molecule has 0 radical (unpaired) electrons. The lowest BCUT2D eigenvalue weighted by Crippen LogP contribution is -2.26. The molecule has 0 fully saturated rings. The Bertz CT molecular complexity index is 1080. The Morgan fingerprint density at radius 3 is 2.78 bits per heavy atom. The minimum Gasteiger partial charge on any atom is -0.390 e. The van der Waals surface area contributed by atoms with Crippen LogP contribution in [0, 0.1) is 6.92 Å². The van der Waals surface area contributed by atoms with Gasteiger partial charge in [-0.2, -0.15) is 9.78 Å². The van der Waals surface area contributed by atoms with Crippen molar-refractivity contribution in [3.05, 3.63) is 85.8 Å². The smallest absolute Gasteiger partial charge is 0.292 e. The number of rotatable bonds is 3. The Kier molecular flexibility index (Phi) is 4.68. The van der Waals surface area contributed by atoms with Crippen molar-refractivity contribution in [2.24, 2.45) is 0 Å². The molecule has 0 spiro atoms. The van der Waals surface area contributed by atoms with Crippen LogP contribution in [0.1, 0.15) is 22.7 Å². The molecule has 0 saturated carbocycles. The number of aromatic nitrogens is 2. The Morgan fingerprint density at radius 1 is 1.22 bits per heavy atom. The van der Waals surface area contributed by atoms with Gasteiger partial charge in [0.15, 0.2) is 0 Å². The van der Waals surface area contributed by atoms with Crippen molar-refractivity contribution >= 4 is 28.9 Å². The fourth-order valence-electron chi connectivity index (χ4n) is 3.35. The van der Waals surface area contributed by atoms with E-state index in [2.05, 4.69) is 10.4 Å². The number of aryl methyl sites for hydroxylation is 1. The van der Waals surface area contributed by atoms with E-state index in [1.54, 1.807) is 12.1 Å². The highest BCUT2D eigenvalue weighted by molar-refractivity contribution is 6.33. The predicted molar refractivity (Wildman–Crippen MR) is 107 cm³/mol. The average molecular weight is 402 g/mol. The molecule has 5 nitrogen and oxygen atoms in total. The molecule has 2 atom stereocenters. The van der Waals surface area contributed by atoms with Crippen LogP contribution in [0.15, 0.2) is 53.5 Å². The molecule has 2 N–H and O–H groups in total. The molecule has 3 aromatic rings. The van der Waals surface area contributed by atoms with Crippen molar-refractivity contribution in [1.82, 2.24) is 9.78 Å². The quantitative estimate of drug-likeness (QED) is 0.697. The topological polar surface area (TPSA) is 67.2 Å². The Morgan fingerprint density at radius 2 is 2.00 bits per heavy atom. The first kappa shape index (κ1) is 18.0. The van der Waals surface area contributed by atoms with E-state index in [1.807, 2.05) is 37.3 Å². The first-order chi connectivity index (χ1) is 13.0. The molecule has 4 rings (SSSR count). The molecule has 2 aromatic carbocycles. The van der Waals surface area contributed by atoms with Crippen molar-refractivity contribution in [2.75, 3.05) is 5.32 Å². The van der Waals surface area contributed by atoms with Gasteiger partial charge in [0, 0.05) is 11.4 Å². The number of hydrogen-bond donors (Lipinski definition) is 2. The van der Waals surface area contributed by atoms with Gasteiger partial charge in [0.25, 0.3) is 5.56 Å². The van der Waals surface area contributed by atoms with Gasteiger partial charge >= 0.3 is 0 Å². The van der Waals surface area contributed by atoms with Crippen molar-refractivity contribution in [3.8, 4) is 5.69 Å². The van der Waals surface area contributed by atoms with Gasteiger partial charge in [0.2, 0.25) is 0 Å². The lowest BCUT2D eigenvalue weighted by molar-refractivity contribution is 0.166. The zero-order valence-electron chi connectivity index (χ0n) is 14.5. The third-order valence-corrected chi connectivity index (χ3v) is 5.61. The number of fused-ring (bicyclic) bond motifs is 1. The monoisotopic (exact) mass is 401 g/mol. The van der Waals surface area contributed by atoms with E-state index in [1.165, 1.54) is 10.9 Å². The summed E-state index contributed by atoms with van der Waals surface area (Å²) in [5, 5.41) is 18.3. The minimum atomic E-state index is -0.600. The Balaban J connectivity index is 1.69. The summed E-state index contributed by atoms with van der Waals surface area (Å²) >= 11 is 12.5. The van der Waals surface area contributed by atoms with Crippen molar-refractivity contribution in [1.29, 1.82) is 0 Å². The van der Waals surface area contributed by atoms with E-state index < -0.39 is 11.7 Å². The molecule has 0 unspecified atom stereocenters. The van der Waals surface area contributed by atoms with Crippen LogP contribution < -0.4 is 10.9 Å². The molecule has 0 amide bonds. The minimum absolute atomic E-state index is 0.0123. The maximum absolute atomic E-state index is 12.7. The zero-order chi connectivity index (χ0) is 19.1. The van der Waals surface area contributed by atoms with Gasteiger partial charge < -0.3 is 10.4 Å². The SMILES string of the molecule is Cc1ccc(-n2ncc(N[C@H]3c4ccccc4C[C@H]3O)c(Cl)c2=O)cc1Cl. The second kappa shape index (κ2) is 7.00. The third kappa shape index (κ3) is 3.23. The second-order valence-corrected chi connectivity index (χ2v) is 7.40. The molecule has 1 heterocycles. The predicted octanol–water partition coefficient (Wildman–Crippen LogP) is 3.92. The van der Waals surface area contributed by atoms with Gasteiger partial charge in [-0.25, -0.2) is 0 Å². The largest absolute Gasteiger partial charge is 0.390 e. The highest BCUT2D eigenvalue weighted by Crippen LogP contribution is 2.35. The first-order valence-electron chi connectivity index (χ1n) is 8.52. The number of aliphatic hydroxyl groups excluding tert-OH is 1. The Labute approximate surface area is 166 Å². The van der Waals surface area contributed by atoms with E-state index in [9.17, 15) is 9.90 Å². The van der Waals surface area contributed by atoms with Gasteiger partial charge in [-0.3, -0.25) is 4.79 Å². The van der Waals surface area contributed by atoms with Gasteiger partial charge in [-0.1, -0.05) is 53.5 Å². The van der Waals surface area contributed by atoms with E-state index in [-0.39, 0.29) is 11.1 Å². The number of anilines is 1. The molecular weight excluding hydrogens is 385 g/mol. The van der Waals surface area contributed by atoms with Crippen LogP contribution in [0.5, 0.6) is 0 Å². The van der Waals surface area contributed by atoms with E-state index in [0.717, 1.165) is 16.7 Å². The maximum Gasteiger partial charge on any atom is 0.292 e. The number of hydrogen-bond acceptors (Lipinski definition) is 4. The molecule has 0 saturated heterocycles. The zero-order valence-corrected chi connectivity index (χ0v) is 16.0. The fourth-order valence-corrected chi connectivity index (χ4v) is 3.70. The highest BCUT2D eigenvalue weighted by atomic mass is 35.5. The van der Waals surface area contributed by atoms with Gasteiger partial charge in [-0.15, -0.1) is 0 Å². The molecular formula is C20H17Cl2N3O2. The number of nitrogens with zero attached hydrogens (tertiary/aromatic N) is 2. The summed E-state index contributed by atoms with van der Waals surface area (Å²) in [7, 11) is 0. The van der Waals surface area contributed by atoms with Crippen LogP contribution in [0.2, 0.25) is 10.0 Å². The van der Waals surface area contributed by atoms with Gasteiger partial charge in [0.1, 0.15) is 5.02 Å².